The van der Waals surface area contributed by atoms with E-state index in [1.807, 2.05) is 38.1 Å². The van der Waals surface area contributed by atoms with Crippen molar-refractivity contribution in [2.75, 3.05) is 5.32 Å². The highest BCUT2D eigenvalue weighted by molar-refractivity contribution is 5.95. The second-order valence-corrected chi connectivity index (χ2v) is 8.01. The number of pyridine rings is 1. The van der Waals surface area contributed by atoms with Crippen molar-refractivity contribution < 1.29 is 19.4 Å². The van der Waals surface area contributed by atoms with Crippen LogP contribution in [0.3, 0.4) is 0 Å². The fourth-order valence-electron chi connectivity index (χ4n) is 3.46. The monoisotopic (exact) mass is 453 g/mol. The van der Waals surface area contributed by atoms with Gasteiger partial charge in [0.2, 0.25) is 0 Å². The topological polar surface area (TPSA) is 149 Å². The molecule has 0 aliphatic heterocycles. The summed E-state index contributed by atoms with van der Waals surface area (Å²) in [6.07, 6.45) is 3.62. The van der Waals surface area contributed by atoms with Gasteiger partial charge in [-0.3, -0.25) is 14.6 Å². The molecule has 33 heavy (non-hydrogen) atoms. The van der Waals surface area contributed by atoms with Crippen molar-refractivity contribution in [3.05, 3.63) is 58.3 Å². The van der Waals surface area contributed by atoms with Crippen LogP contribution in [0, 0.1) is 5.92 Å². The van der Waals surface area contributed by atoms with Crippen LogP contribution in [0.5, 0.6) is 0 Å². The molecular formula is C23H27N5O5. The Bertz CT molecular complexity index is 1230. The van der Waals surface area contributed by atoms with Gasteiger partial charge in [-0.15, -0.1) is 0 Å². The van der Waals surface area contributed by atoms with Crippen LogP contribution in [0.25, 0.3) is 10.8 Å². The number of carbonyl (C=O) groups excluding carboxylic acids is 1. The number of aryl methyl sites for hydroxylation is 1. The van der Waals surface area contributed by atoms with E-state index in [1.165, 1.54) is 6.20 Å². The molecule has 1 unspecified atom stereocenters. The summed E-state index contributed by atoms with van der Waals surface area (Å²) in [6.45, 7) is 5.20. The molecule has 0 spiro atoms. The lowest BCUT2D eigenvalue weighted by molar-refractivity contribution is -0.146. The van der Waals surface area contributed by atoms with E-state index in [1.54, 1.807) is 13.1 Å². The number of carboxylic acid groups (broad SMARTS) is 1. The Morgan fingerprint density at radius 2 is 1.97 bits per heavy atom. The van der Waals surface area contributed by atoms with E-state index in [0.717, 1.165) is 15.5 Å². The zero-order valence-electron chi connectivity index (χ0n) is 18.7. The van der Waals surface area contributed by atoms with Gasteiger partial charge in [-0.05, 0) is 19.3 Å². The molecule has 10 heteroatoms. The van der Waals surface area contributed by atoms with Crippen molar-refractivity contribution in [2.45, 2.75) is 46.4 Å². The first-order valence-electron chi connectivity index (χ1n) is 10.6. The van der Waals surface area contributed by atoms with Crippen molar-refractivity contribution >= 4 is 34.1 Å². The average Bonchev–Trinajstić information content (AvgIpc) is 2.78. The predicted molar refractivity (Wildman–Crippen MR) is 123 cm³/mol. The van der Waals surface area contributed by atoms with E-state index < -0.39 is 35.8 Å². The van der Waals surface area contributed by atoms with E-state index >= 15 is 0 Å². The second-order valence-electron chi connectivity index (χ2n) is 8.01. The van der Waals surface area contributed by atoms with Gasteiger partial charge in [-0.1, -0.05) is 38.1 Å². The molecule has 1 aromatic carbocycles. The Morgan fingerprint density at radius 1 is 1.24 bits per heavy atom. The van der Waals surface area contributed by atoms with E-state index in [2.05, 4.69) is 15.4 Å². The minimum Gasteiger partial charge on any atom is -0.476 e. The Balaban J connectivity index is 2.07. The molecule has 0 bridgehead atoms. The Morgan fingerprint density at radius 3 is 2.64 bits per heavy atom. The molecule has 0 fully saturated rings. The van der Waals surface area contributed by atoms with Crippen LogP contribution < -0.4 is 16.6 Å². The summed E-state index contributed by atoms with van der Waals surface area (Å²) in [4.78, 5) is 41.6. The maximum atomic E-state index is 13.1. The van der Waals surface area contributed by atoms with Crippen LogP contribution in [0.15, 0.2) is 41.5 Å². The largest absolute Gasteiger partial charge is 0.476 e. The number of rotatable bonds is 9. The molecule has 10 nitrogen and oxygen atoms in total. The van der Waals surface area contributed by atoms with E-state index in [4.69, 9.17) is 10.5 Å². The lowest BCUT2D eigenvalue weighted by atomic mass is 10.0. The third-order valence-electron chi connectivity index (χ3n) is 5.07. The Kier molecular flexibility index (Phi) is 7.39. The summed E-state index contributed by atoms with van der Waals surface area (Å²) < 4.78 is 6.35. The molecule has 1 atom stereocenters. The molecule has 2 aromatic heterocycles. The van der Waals surface area contributed by atoms with Gasteiger partial charge < -0.3 is 20.9 Å². The van der Waals surface area contributed by atoms with Crippen LogP contribution in [-0.2, 0) is 22.7 Å². The summed E-state index contributed by atoms with van der Waals surface area (Å²) >= 11 is 0. The molecule has 0 radical (unpaired) electrons. The van der Waals surface area contributed by atoms with Crippen molar-refractivity contribution in [3.8, 4) is 0 Å². The van der Waals surface area contributed by atoms with Gasteiger partial charge in [0.15, 0.2) is 5.69 Å². The van der Waals surface area contributed by atoms with E-state index in [-0.39, 0.29) is 23.7 Å². The molecule has 2 heterocycles. The fraction of sp³-hybridized carbons (Fsp3) is 0.348. The smallest absolute Gasteiger partial charge is 0.356 e. The number of aromatic carboxylic acids is 1. The fourth-order valence-corrected chi connectivity index (χ4v) is 3.46. The van der Waals surface area contributed by atoms with E-state index in [9.17, 15) is 19.5 Å². The van der Waals surface area contributed by atoms with Gasteiger partial charge in [-0.2, -0.15) is 5.10 Å². The van der Waals surface area contributed by atoms with Gasteiger partial charge in [0.05, 0.1) is 17.4 Å². The zero-order chi connectivity index (χ0) is 24.1. The normalized spacial score (nSPS) is 12.0. The van der Waals surface area contributed by atoms with Gasteiger partial charge in [0.25, 0.3) is 5.56 Å². The van der Waals surface area contributed by atoms with Crippen molar-refractivity contribution in [1.29, 1.82) is 0 Å². The SMILES string of the molecule is CCn1nc(C(=O)O)c(COC(=O)C(N)CC(C)C)c(Nc2cncc3ccccc23)c1=O. The minimum absolute atomic E-state index is 0.0461. The van der Waals surface area contributed by atoms with Gasteiger partial charge >= 0.3 is 11.9 Å². The third kappa shape index (κ3) is 5.35. The zero-order valence-corrected chi connectivity index (χ0v) is 18.7. The Hall–Kier alpha value is -3.79. The molecule has 3 rings (SSSR count). The number of esters is 1. The maximum Gasteiger partial charge on any atom is 0.356 e. The molecule has 3 aromatic rings. The number of aromatic nitrogens is 3. The number of fused-ring (bicyclic) bond motifs is 1. The van der Waals surface area contributed by atoms with Crippen LogP contribution in [0.2, 0.25) is 0 Å². The first kappa shape index (κ1) is 23.9. The molecule has 0 amide bonds. The lowest BCUT2D eigenvalue weighted by Crippen LogP contribution is -2.34. The molecule has 0 aliphatic rings. The first-order valence-corrected chi connectivity index (χ1v) is 10.6. The summed E-state index contributed by atoms with van der Waals surface area (Å²) in [7, 11) is 0. The summed E-state index contributed by atoms with van der Waals surface area (Å²) in [6, 6.07) is 6.55. The summed E-state index contributed by atoms with van der Waals surface area (Å²) in [5, 5.41) is 18.3. The second kappa shape index (κ2) is 10.2. The number of carbonyl (C=O) groups is 2. The first-order chi connectivity index (χ1) is 15.7. The van der Waals surface area contributed by atoms with Crippen LogP contribution in [0.1, 0.15) is 43.2 Å². The number of carboxylic acids is 1. The van der Waals surface area contributed by atoms with Crippen molar-refractivity contribution in [1.82, 2.24) is 14.8 Å². The maximum absolute atomic E-state index is 13.1. The van der Waals surface area contributed by atoms with Crippen LogP contribution in [-0.4, -0.2) is 37.9 Å². The Labute approximate surface area is 190 Å². The molecule has 0 saturated carbocycles. The summed E-state index contributed by atoms with van der Waals surface area (Å²) in [5.74, 6) is -1.86. The molecule has 0 aliphatic carbocycles. The standard InChI is InChI=1S/C23H27N5O5/c1-4-28-21(29)19(26-18-11-25-10-14-7-5-6-8-15(14)18)16(20(27-28)22(30)31)12-33-23(32)17(24)9-13(2)3/h5-8,10-11,13,17,26H,4,9,12,24H2,1-3H3,(H,30,31). The number of benzene rings is 1. The van der Waals surface area contributed by atoms with Crippen LogP contribution >= 0.6 is 0 Å². The number of nitrogens with two attached hydrogens (primary N) is 1. The molecule has 4 N–H and O–H groups in total. The summed E-state index contributed by atoms with van der Waals surface area (Å²) in [5.41, 5.74) is 5.35. The van der Waals surface area contributed by atoms with E-state index in [0.29, 0.717) is 12.1 Å². The third-order valence-corrected chi connectivity index (χ3v) is 5.07. The number of nitrogens with one attached hydrogen (secondary N) is 1. The molecule has 0 saturated heterocycles. The highest BCUT2D eigenvalue weighted by Gasteiger charge is 2.25. The van der Waals surface area contributed by atoms with Gasteiger partial charge in [0.1, 0.15) is 18.3 Å². The number of hydrogen-bond donors (Lipinski definition) is 3. The van der Waals surface area contributed by atoms with Crippen molar-refractivity contribution in [3.63, 3.8) is 0 Å². The quantitative estimate of drug-likeness (QED) is 0.416. The molecule has 174 valence electrons. The number of anilines is 2. The predicted octanol–water partition coefficient (Wildman–Crippen LogP) is 2.67. The average molecular weight is 453 g/mol. The van der Waals surface area contributed by atoms with Crippen LogP contribution in [0.4, 0.5) is 11.4 Å². The number of nitrogens with zero attached hydrogens (tertiary/aromatic N) is 3. The minimum atomic E-state index is -1.35. The van der Waals surface area contributed by atoms with Gasteiger partial charge in [0, 0.05) is 23.5 Å². The lowest BCUT2D eigenvalue weighted by Gasteiger charge is -2.18. The highest BCUT2D eigenvalue weighted by Crippen LogP contribution is 2.27. The number of hydrogen-bond acceptors (Lipinski definition) is 8. The molecular weight excluding hydrogens is 426 g/mol. The van der Waals surface area contributed by atoms with Crippen molar-refractivity contribution in [2.24, 2.45) is 11.7 Å². The van der Waals surface area contributed by atoms with Gasteiger partial charge in [-0.25, -0.2) is 9.48 Å². The number of ether oxygens (including phenoxy) is 1. The highest BCUT2D eigenvalue weighted by atomic mass is 16.5.